The molecule has 1 aromatic carbocycles. The molecule has 3 unspecified atom stereocenters. The Morgan fingerprint density at radius 3 is 2.71 bits per heavy atom. The van der Waals surface area contributed by atoms with Crippen molar-refractivity contribution in [1.82, 2.24) is 0 Å². The van der Waals surface area contributed by atoms with Gasteiger partial charge in [-0.25, -0.2) is 0 Å². The van der Waals surface area contributed by atoms with Crippen molar-refractivity contribution in [2.75, 3.05) is 0 Å². The first-order valence-electron chi connectivity index (χ1n) is 6.14. The van der Waals surface area contributed by atoms with Crippen LogP contribution in [0.2, 0.25) is 0 Å². The summed E-state index contributed by atoms with van der Waals surface area (Å²) in [6.07, 6.45) is 2.59. The van der Waals surface area contributed by atoms with Crippen LogP contribution in [-0.4, -0.2) is 16.2 Å². The molecule has 3 nitrogen and oxygen atoms in total. The van der Waals surface area contributed by atoms with E-state index in [0.29, 0.717) is 5.75 Å². The zero-order valence-electron chi connectivity index (χ0n) is 9.97. The summed E-state index contributed by atoms with van der Waals surface area (Å²) < 4.78 is 0. The summed E-state index contributed by atoms with van der Waals surface area (Å²) in [6, 6.07) is 7.35. The number of aromatic hydroxyl groups is 1. The zero-order chi connectivity index (χ0) is 12.4. The van der Waals surface area contributed by atoms with Crippen LogP contribution in [0, 0.1) is 11.8 Å². The summed E-state index contributed by atoms with van der Waals surface area (Å²) in [5.74, 6) is 0.0477. The van der Waals surface area contributed by atoms with E-state index in [0.717, 1.165) is 24.8 Å². The van der Waals surface area contributed by atoms with Crippen molar-refractivity contribution >= 4 is 5.97 Å². The number of phenols is 1. The predicted molar refractivity (Wildman–Crippen MR) is 65.0 cm³/mol. The van der Waals surface area contributed by atoms with Crippen LogP contribution in [0.25, 0.3) is 0 Å². The van der Waals surface area contributed by atoms with Crippen molar-refractivity contribution < 1.29 is 15.0 Å². The third kappa shape index (κ3) is 2.60. The van der Waals surface area contributed by atoms with Gasteiger partial charge in [0.1, 0.15) is 5.75 Å². The lowest BCUT2D eigenvalue weighted by Gasteiger charge is -2.16. The Bertz CT molecular complexity index is 414. The second kappa shape index (κ2) is 4.78. The molecule has 17 heavy (non-hydrogen) atoms. The molecule has 2 N–H and O–H groups in total. The van der Waals surface area contributed by atoms with Gasteiger partial charge in [-0.2, -0.15) is 0 Å². The topological polar surface area (TPSA) is 57.5 Å². The number of para-hydroxylation sites is 1. The lowest BCUT2D eigenvalue weighted by atomic mass is 9.90. The quantitative estimate of drug-likeness (QED) is 0.823. The largest absolute Gasteiger partial charge is 0.508 e. The van der Waals surface area contributed by atoms with E-state index in [9.17, 15) is 9.90 Å². The molecule has 0 bridgehead atoms. The average molecular weight is 234 g/mol. The fraction of sp³-hybridized carbons (Fsp3) is 0.500. The minimum Gasteiger partial charge on any atom is -0.508 e. The molecule has 0 aromatic heterocycles. The summed E-state index contributed by atoms with van der Waals surface area (Å²) >= 11 is 0. The Labute approximate surface area is 101 Å². The monoisotopic (exact) mass is 234 g/mol. The van der Waals surface area contributed by atoms with Gasteiger partial charge in [0.15, 0.2) is 0 Å². The number of carbonyl (C=O) groups is 1. The van der Waals surface area contributed by atoms with Gasteiger partial charge in [0, 0.05) is 0 Å². The van der Waals surface area contributed by atoms with Crippen LogP contribution in [0.3, 0.4) is 0 Å². The first kappa shape index (κ1) is 12.0. The lowest BCUT2D eigenvalue weighted by molar-refractivity contribution is -0.138. The fourth-order valence-electron chi connectivity index (χ4n) is 2.52. The second-order valence-electron chi connectivity index (χ2n) is 4.84. The highest BCUT2D eigenvalue weighted by Crippen LogP contribution is 2.46. The number of hydrogen-bond donors (Lipinski definition) is 2. The van der Waals surface area contributed by atoms with E-state index < -0.39 is 5.97 Å². The maximum atomic E-state index is 10.8. The molecule has 1 fully saturated rings. The number of aliphatic carboxylic acids is 1. The van der Waals surface area contributed by atoms with Crippen molar-refractivity contribution in [3.05, 3.63) is 29.8 Å². The summed E-state index contributed by atoms with van der Waals surface area (Å²) in [6.45, 7) is 2.08. The van der Waals surface area contributed by atoms with E-state index in [4.69, 9.17) is 5.11 Å². The Kier molecular flexibility index (Phi) is 3.36. The Hall–Kier alpha value is -1.51. The van der Waals surface area contributed by atoms with Crippen LogP contribution < -0.4 is 0 Å². The maximum absolute atomic E-state index is 10.8. The van der Waals surface area contributed by atoms with E-state index in [1.165, 1.54) is 0 Å². The molecule has 1 aliphatic rings. The summed E-state index contributed by atoms with van der Waals surface area (Å²) in [4.78, 5) is 10.8. The van der Waals surface area contributed by atoms with Gasteiger partial charge in [0.05, 0.1) is 5.92 Å². The second-order valence-corrected chi connectivity index (χ2v) is 4.84. The molecule has 1 saturated carbocycles. The van der Waals surface area contributed by atoms with Gasteiger partial charge in [-0.3, -0.25) is 4.79 Å². The van der Waals surface area contributed by atoms with Crippen LogP contribution in [0.1, 0.15) is 37.7 Å². The van der Waals surface area contributed by atoms with Crippen LogP contribution in [-0.2, 0) is 4.79 Å². The zero-order valence-corrected chi connectivity index (χ0v) is 9.97. The lowest BCUT2D eigenvalue weighted by Crippen LogP contribution is -2.04. The van der Waals surface area contributed by atoms with Gasteiger partial charge >= 0.3 is 5.97 Å². The van der Waals surface area contributed by atoms with E-state index >= 15 is 0 Å². The van der Waals surface area contributed by atoms with Crippen molar-refractivity contribution in [2.45, 2.75) is 32.1 Å². The standard InChI is InChI=1S/C14H18O3/c1-2-9(7-10-8-12(10)14(16)17)11-5-3-4-6-13(11)15/h3-6,9-10,12,15H,2,7-8H2,1H3,(H,16,17). The molecule has 0 aliphatic heterocycles. The number of phenolic OH excluding ortho intramolecular Hbond substituents is 1. The van der Waals surface area contributed by atoms with E-state index in [1.807, 2.05) is 18.2 Å². The number of carboxylic acid groups (broad SMARTS) is 1. The highest BCUT2D eigenvalue weighted by atomic mass is 16.4. The molecule has 92 valence electrons. The number of benzene rings is 1. The summed E-state index contributed by atoms with van der Waals surface area (Å²) in [5.41, 5.74) is 0.950. The number of hydrogen-bond acceptors (Lipinski definition) is 2. The van der Waals surface area contributed by atoms with E-state index in [2.05, 4.69) is 6.92 Å². The smallest absolute Gasteiger partial charge is 0.306 e. The Balaban J connectivity index is 2.03. The van der Waals surface area contributed by atoms with Crippen molar-refractivity contribution in [2.24, 2.45) is 11.8 Å². The first-order chi connectivity index (χ1) is 8.13. The fourth-order valence-corrected chi connectivity index (χ4v) is 2.52. The number of rotatable bonds is 5. The average Bonchev–Trinajstić information content (AvgIpc) is 3.06. The first-order valence-corrected chi connectivity index (χ1v) is 6.14. The molecular formula is C14H18O3. The molecule has 2 rings (SSSR count). The molecular weight excluding hydrogens is 216 g/mol. The van der Waals surface area contributed by atoms with Gasteiger partial charge in [-0.1, -0.05) is 25.1 Å². The van der Waals surface area contributed by atoms with Gasteiger partial charge in [0.25, 0.3) is 0 Å². The van der Waals surface area contributed by atoms with Crippen LogP contribution >= 0.6 is 0 Å². The molecule has 3 atom stereocenters. The third-order valence-electron chi connectivity index (χ3n) is 3.70. The van der Waals surface area contributed by atoms with Crippen LogP contribution in [0.15, 0.2) is 24.3 Å². The summed E-state index contributed by atoms with van der Waals surface area (Å²) in [7, 11) is 0. The molecule has 0 amide bonds. The molecule has 0 radical (unpaired) electrons. The highest BCUT2D eigenvalue weighted by molar-refractivity contribution is 5.73. The van der Waals surface area contributed by atoms with E-state index in [-0.39, 0.29) is 17.8 Å². The van der Waals surface area contributed by atoms with Crippen molar-refractivity contribution in [3.8, 4) is 5.75 Å². The van der Waals surface area contributed by atoms with Gasteiger partial charge in [0.2, 0.25) is 0 Å². The minimum absolute atomic E-state index is 0.157. The molecule has 1 aliphatic carbocycles. The molecule has 0 saturated heterocycles. The van der Waals surface area contributed by atoms with Gasteiger partial charge in [-0.15, -0.1) is 0 Å². The van der Waals surface area contributed by atoms with E-state index in [1.54, 1.807) is 6.07 Å². The molecule has 3 heteroatoms. The van der Waals surface area contributed by atoms with Gasteiger partial charge < -0.3 is 10.2 Å². The minimum atomic E-state index is -0.679. The molecule has 0 spiro atoms. The SMILES string of the molecule is CCC(CC1CC1C(=O)O)c1ccccc1O. The van der Waals surface area contributed by atoms with Crippen LogP contribution in [0.5, 0.6) is 5.75 Å². The Morgan fingerprint density at radius 1 is 1.47 bits per heavy atom. The van der Waals surface area contributed by atoms with Crippen molar-refractivity contribution in [3.63, 3.8) is 0 Å². The highest BCUT2D eigenvalue weighted by Gasteiger charge is 2.43. The number of carboxylic acids is 1. The molecule has 1 aromatic rings. The van der Waals surface area contributed by atoms with Crippen LogP contribution in [0.4, 0.5) is 0 Å². The normalized spacial score (nSPS) is 24.3. The third-order valence-corrected chi connectivity index (χ3v) is 3.70. The van der Waals surface area contributed by atoms with Gasteiger partial charge in [-0.05, 0) is 42.7 Å². The Morgan fingerprint density at radius 2 is 2.18 bits per heavy atom. The molecule has 0 heterocycles. The maximum Gasteiger partial charge on any atom is 0.306 e. The predicted octanol–water partition coefficient (Wildman–Crippen LogP) is 3.00. The summed E-state index contributed by atoms with van der Waals surface area (Å²) in [5, 5.41) is 18.7. The van der Waals surface area contributed by atoms with Crippen molar-refractivity contribution in [1.29, 1.82) is 0 Å².